The number of benzene rings is 1. The van der Waals surface area contributed by atoms with Crippen LogP contribution < -0.4 is 11.1 Å². The van der Waals surface area contributed by atoms with Gasteiger partial charge in [-0.3, -0.25) is 0 Å². The van der Waals surface area contributed by atoms with Gasteiger partial charge < -0.3 is 11.1 Å². The molecule has 0 unspecified atom stereocenters. The number of hydrogen-bond donors (Lipinski definition) is 2. The molecule has 0 aliphatic heterocycles. The first kappa shape index (κ1) is 15.2. The Morgan fingerprint density at radius 3 is 2.50 bits per heavy atom. The van der Waals surface area contributed by atoms with E-state index in [4.69, 9.17) is 5.73 Å². The molecule has 0 saturated carbocycles. The lowest BCUT2D eigenvalue weighted by atomic mass is 9.93. The average Bonchev–Trinajstić information content (AvgIpc) is 2.31. The molecule has 0 aliphatic rings. The van der Waals surface area contributed by atoms with Crippen LogP contribution in [0.15, 0.2) is 18.2 Å². The first-order valence-electron chi connectivity index (χ1n) is 6.86. The van der Waals surface area contributed by atoms with E-state index in [1.54, 1.807) is 0 Å². The third-order valence-corrected chi connectivity index (χ3v) is 3.51. The Bertz CT molecular complexity index is 381. The third-order valence-electron chi connectivity index (χ3n) is 3.51. The van der Waals surface area contributed by atoms with E-state index < -0.39 is 0 Å². The molecular weight excluding hydrogens is 220 g/mol. The van der Waals surface area contributed by atoms with Crippen molar-refractivity contribution in [3.05, 3.63) is 34.9 Å². The van der Waals surface area contributed by atoms with Crippen LogP contribution in [0.5, 0.6) is 0 Å². The van der Waals surface area contributed by atoms with Crippen molar-refractivity contribution in [2.24, 2.45) is 11.1 Å². The number of nitrogens with two attached hydrogens (primary N) is 1. The molecule has 2 nitrogen and oxygen atoms in total. The highest BCUT2D eigenvalue weighted by Crippen LogP contribution is 2.19. The summed E-state index contributed by atoms with van der Waals surface area (Å²) in [6, 6.07) is 6.77. The van der Waals surface area contributed by atoms with Gasteiger partial charge in [0.05, 0.1) is 0 Å². The zero-order valence-electron chi connectivity index (χ0n) is 12.5. The van der Waals surface area contributed by atoms with Crippen LogP contribution >= 0.6 is 0 Å². The van der Waals surface area contributed by atoms with Gasteiger partial charge in [0.1, 0.15) is 0 Å². The minimum atomic E-state index is 0.170. The Hall–Kier alpha value is -0.860. The second-order valence-corrected chi connectivity index (χ2v) is 6.31. The van der Waals surface area contributed by atoms with Gasteiger partial charge in [-0.15, -0.1) is 0 Å². The zero-order valence-corrected chi connectivity index (χ0v) is 12.5. The van der Waals surface area contributed by atoms with Gasteiger partial charge in [-0.25, -0.2) is 0 Å². The summed E-state index contributed by atoms with van der Waals surface area (Å²) in [5, 5.41) is 3.52. The molecule has 102 valence electrons. The number of aryl methyl sites for hydroxylation is 1. The van der Waals surface area contributed by atoms with E-state index in [0.29, 0.717) is 12.5 Å². The summed E-state index contributed by atoms with van der Waals surface area (Å²) in [6.07, 6.45) is 0. The van der Waals surface area contributed by atoms with E-state index in [1.165, 1.54) is 16.7 Å². The first-order chi connectivity index (χ1) is 8.35. The molecular formula is C16H28N2. The summed E-state index contributed by atoms with van der Waals surface area (Å²) in [6.45, 7) is 13.6. The summed E-state index contributed by atoms with van der Waals surface area (Å²) in [4.78, 5) is 0. The Labute approximate surface area is 112 Å². The normalized spacial score (nSPS) is 12.2. The van der Waals surface area contributed by atoms with Crippen LogP contribution in [0.3, 0.4) is 0 Å². The van der Waals surface area contributed by atoms with Gasteiger partial charge in [-0.1, -0.05) is 45.9 Å². The van der Waals surface area contributed by atoms with Crippen LogP contribution in [0.2, 0.25) is 0 Å². The highest BCUT2D eigenvalue weighted by atomic mass is 14.9. The van der Waals surface area contributed by atoms with E-state index in [2.05, 4.69) is 58.1 Å². The molecule has 18 heavy (non-hydrogen) atoms. The summed E-state index contributed by atoms with van der Waals surface area (Å²) in [7, 11) is 0. The van der Waals surface area contributed by atoms with Crippen LogP contribution in [0.1, 0.15) is 50.3 Å². The summed E-state index contributed by atoms with van der Waals surface area (Å²) in [5.41, 5.74) is 10.1. The Kier molecular flexibility index (Phi) is 5.36. The lowest BCUT2D eigenvalue weighted by Crippen LogP contribution is -2.35. The van der Waals surface area contributed by atoms with E-state index in [9.17, 15) is 0 Å². The molecule has 1 rings (SSSR count). The first-order valence-corrected chi connectivity index (χ1v) is 6.86. The van der Waals surface area contributed by atoms with Crippen molar-refractivity contribution in [2.45, 2.75) is 47.1 Å². The van der Waals surface area contributed by atoms with Crippen molar-refractivity contribution < 1.29 is 0 Å². The summed E-state index contributed by atoms with van der Waals surface area (Å²) >= 11 is 0. The summed E-state index contributed by atoms with van der Waals surface area (Å²) < 4.78 is 0. The van der Waals surface area contributed by atoms with E-state index in [-0.39, 0.29) is 5.41 Å². The van der Waals surface area contributed by atoms with Crippen molar-refractivity contribution in [1.29, 1.82) is 0 Å². The Morgan fingerprint density at radius 2 is 1.94 bits per heavy atom. The summed E-state index contributed by atoms with van der Waals surface area (Å²) in [5.74, 6) is 0.588. The maximum atomic E-state index is 5.74. The molecule has 0 bridgehead atoms. The average molecular weight is 248 g/mol. The zero-order chi connectivity index (χ0) is 13.8. The van der Waals surface area contributed by atoms with E-state index in [1.807, 2.05) is 0 Å². The van der Waals surface area contributed by atoms with E-state index >= 15 is 0 Å². The smallest absolute Gasteiger partial charge is 0.0208 e. The second-order valence-electron chi connectivity index (χ2n) is 6.31. The SMILES string of the molecule is Cc1ccc(C(C)C)cc1CNCC(C)(C)CN. The van der Waals surface area contributed by atoms with Crippen LogP contribution in [0.4, 0.5) is 0 Å². The maximum absolute atomic E-state index is 5.74. The number of rotatable bonds is 6. The maximum Gasteiger partial charge on any atom is 0.0208 e. The predicted molar refractivity (Wildman–Crippen MR) is 79.8 cm³/mol. The molecule has 0 aromatic heterocycles. The van der Waals surface area contributed by atoms with Gasteiger partial charge in [0.15, 0.2) is 0 Å². The van der Waals surface area contributed by atoms with Crippen LogP contribution in [0, 0.1) is 12.3 Å². The van der Waals surface area contributed by atoms with E-state index in [0.717, 1.165) is 13.1 Å². The molecule has 0 heterocycles. The largest absolute Gasteiger partial charge is 0.330 e. The molecule has 0 atom stereocenters. The molecule has 1 aromatic carbocycles. The van der Waals surface area contributed by atoms with Crippen molar-refractivity contribution in [2.75, 3.05) is 13.1 Å². The monoisotopic (exact) mass is 248 g/mol. The third kappa shape index (κ3) is 4.43. The van der Waals surface area contributed by atoms with Crippen molar-refractivity contribution >= 4 is 0 Å². The van der Waals surface area contributed by atoms with Crippen LogP contribution in [0.25, 0.3) is 0 Å². The Morgan fingerprint density at radius 1 is 1.28 bits per heavy atom. The second kappa shape index (κ2) is 6.35. The fraction of sp³-hybridized carbons (Fsp3) is 0.625. The van der Waals surface area contributed by atoms with Crippen molar-refractivity contribution in [3.8, 4) is 0 Å². The highest BCUT2D eigenvalue weighted by molar-refractivity contribution is 5.32. The fourth-order valence-electron chi connectivity index (χ4n) is 1.85. The van der Waals surface area contributed by atoms with Crippen LogP contribution in [-0.2, 0) is 6.54 Å². The molecule has 0 amide bonds. The predicted octanol–water partition coefficient (Wildman–Crippen LogP) is 3.19. The fourth-order valence-corrected chi connectivity index (χ4v) is 1.85. The van der Waals surface area contributed by atoms with Gasteiger partial charge in [-0.2, -0.15) is 0 Å². The molecule has 0 aliphatic carbocycles. The topological polar surface area (TPSA) is 38.0 Å². The molecule has 1 aromatic rings. The molecule has 3 N–H and O–H groups in total. The minimum Gasteiger partial charge on any atom is -0.330 e. The Balaban J connectivity index is 2.64. The van der Waals surface area contributed by atoms with Gasteiger partial charge in [0, 0.05) is 13.1 Å². The van der Waals surface area contributed by atoms with Gasteiger partial charge in [0.2, 0.25) is 0 Å². The quantitative estimate of drug-likeness (QED) is 0.811. The lowest BCUT2D eigenvalue weighted by Gasteiger charge is -2.23. The van der Waals surface area contributed by atoms with Crippen molar-refractivity contribution in [1.82, 2.24) is 5.32 Å². The minimum absolute atomic E-state index is 0.170. The van der Waals surface area contributed by atoms with Gasteiger partial charge in [0.25, 0.3) is 0 Å². The molecule has 0 saturated heterocycles. The molecule has 2 heteroatoms. The van der Waals surface area contributed by atoms with Gasteiger partial charge >= 0.3 is 0 Å². The molecule has 0 fully saturated rings. The highest BCUT2D eigenvalue weighted by Gasteiger charge is 2.14. The number of hydrogen-bond acceptors (Lipinski definition) is 2. The standard InChI is InChI=1S/C16H28N2/c1-12(2)14-7-6-13(3)15(8-14)9-18-11-16(4,5)10-17/h6-8,12,18H,9-11,17H2,1-5H3. The number of nitrogens with one attached hydrogen (secondary N) is 1. The van der Waals surface area contributed by atoms with Crippen molar-refractivity contribution in [3.63, 3.8) is 0 Å². The van der Waals surface area contributed by atoms with Gasteiger partial charge in [-0.05, 0) is 41.5 Å². The van der Waals surface area contributed by atoms with Crippen LogP contribution in [-0.4, -0.2) is 13.1 Å². The lowest BCUT2D eigenvalue weighted by molar-refractivity contribution is 0.351. The molecule has 0 radical (unpaired) electrons. The molecule has 0 spiro atoms.